The number of carboxylic acid groups (broad SMARTS) is 1. The molecular formula is C12H18N2O4S. The lowest BCUT2D eigenvalue weighted by molar-refractivity contribution is -0.136. The Morgan fingerprint density at radius 3 is 2.42 bits per heavy atom. The highest BCUT2D eigenvalue weighted by Gasteiger charge is 2.27. The van der Waals surface area contributed by atoms with E-state index in [9.17, 15) is 13.2 Å². The maximum absolute atomic E-state index is 11.8. The van der Waals surface area contributed by atoms with E-state index in [4.69, 9.17) is 5.11 Å². The topological polar surface area (TPSA) is 86.7 Å². The Balaban J connectivity index is 3.07. The molecule has 1 rings (SSSR count). The van der Waals surface area contributed by atoms with Gasteiger partial charge in [0.25, 0.3) is 0 Å². The number of carbonyl (C=O) groups is 1. The van der Waals surface area contributed by atoms with E-state index in [1.165, 1.54) is 0 Å². The summed E-state index contributed by atoms with van der Waals surface area (Å²) in [6, 6.07) is 5.05. The van der Waals surface area contributed by atoms with Gasteiger partial charge in [-0.1, -0.05) is 6.07 Å². The second-order valence-electron chi connectivity index (χ2n) is 4.52. The first-order valence-electron chi connectivity index (χ1n) is 5.67. The number of hydrogen-bond donors (Lipinski definition) is 2. The zero-order chi connectivity index (χ0) is 14.8. The van der Waals surface area contributed by atoms with Crippen LogP contribution in [0.1, 0.15) is 12.5 Å². The third-order valence-electron chi connectivity index (χ3n) is 2.76. The maximum atomic E-state index is 11.8. The van der Waals surface area contributed by atoms with Gasteiger partial charge in [0.05, 0.1) is 5.69 Å². The van der Waals surface area contributed by atoms with Gasteiger partial charge in [0.15, 0.2) is 5.25 Å². The monoisotopic (exact) mass is 286 g/mol. The number of aryl methyl sites for hydroxylation is 1. The highest BCUT2D eigenvalue weighted by molar-refractivity contribution is 7.94. The normalized spacial score (nSPS) is 12.8. The Morgan fingerprint density at radius 1 is 1.37 bits per heavy atom. The van der Waals surface area contributed by atoms with Gasteiger partial charge in [0.1, 0.15) is 0 Å². The van der Waals surface area contributed by atoms with Gasteiger partial charge in [0.2, 0.25) is 10.0 Å². The van der Waals surface area contributed by atoms with E-state index in [1.807, 2.05) is 25.9 Å². The van der Waals surface area contributed by atoms with E-state index >= 15 is 0 Å². The predicted octanol–water partition coefficient (Wildman–Crippen LogP) is 1.28. The first-order valence-corrected chi connectivity index (χ1v) is 7.22. The van der Waals surface area contributed by atoms with Gasteiger partial charge in [0, 0.05) is 19.8 Å². The Hall–Kier alpha value is -1.76. The molecule has 106 valence electrons. The summed E-state index contributed by atoms with van der Waals surface area (Å²) in [5, 5.41) is 7.25. The second-order valence-corrected chi connectivity index (χ2v) is 6.52. The van der Waals surface area contributed by atoms with Crippen molar-refractivity contribution < 1.29 is 18.3 Å². The molecule has 0 fully saturated rings. The number of nitrogens with zero attached hydrogens (tertiary/aromatic N) is 1. The van der Waals surface area contributed by atoms with Crippen LogP contribution in [-0.4, -0.2) is 38.8 Å². The van der Waals surface area contributed by atoms with Gasteiger partial charge < -0.3 is 10.0 Å². The van der Waals surface area contributed by atoms with Crippen LogP contribution in [0.25, 0.3) is 0 Å². The molecule has 0 saturated carbocycles. The molecule has 0 aliphatic rings. The minimum atomic E-state index is -3.94. The molecule has 0 aliphatic heterocycles. The van der Waals surface area contributed by atoms with Crippen LogP contribution < -0.4 is 9.62 Å². The molecule has 0 aromatic heterocycles. The van der Waals surface area contributed by atoms with Crippen molar-refractivity contribution in [1.29, 1.82) is 0 Å². The standard InChI is InChI=1S/C12H18N2O4S/c1-8-5-6-10(7-11(8)14(3)4)13-19(17,18)9(2)12(15)16/h5-7,9,13H,1-4H3,(H,15,16). The van der Waals surface area contributed by atoms with E-state index in [1.54, 1.807) is 18.2 Å². The molecule has 0 bridgehead atoms. The summed E-state index contributed by atoms with van der Waals surface area (Å²) in [6.07, 6.45) is 0. The first kappa shape index (κ1) is 15.3. The summed E-state index contributed by atoms with van der Waals surface area (Å²) in [5.74, 6) is -1.38. The third kappa shape index (κ3) is 3.60. The van der Waals surface area contributed by atoms with E-state index in [0.717, 1.165) is 18.2 Å². The fourth-order valence-corrected chi connectivity index (χ4v) is 2.44. The molecule has 0 spiro atoms. The van der Waals surface area contributed by atoms with Crippen molar-refractivity contribution in [3.63, 3.8) is 0 Å². The van der Waals surface area contributed by atoms with Crippen molar-refractivity contribution in [2.45, 2.75) is 19.1 Å². The molecule has 0 saturated heterocycles. The molecule has 6 nitrogen and oxygen atoms in total. The highest BCUT2D eigenvalue weighted by atomic mass is 32.2. The number of rotatable bonds is 5. The molecular weight excluding hydrogens is 268 g/mol. The molecule has 1 atom stereocenters. The quantitative estimate of drug-likeness (QED) is 0.851. The van der Waals surface area contributed by atoms with Crippen LogP contribution in [0.15, 0.2) is 18.2 Å². The van der Waals surface area contributed by atoms with Crippen molar-refractivity contribution in [3.05, 3.63) is 23.8 Å². The van der Waals surface area contributed by atoms with Crippen molar-refractivity contribution in [1.82, 2.24) is 0 Å². The number of anilines is 2. The van der Waals surface area contributed by atoms with Crippen LogP contribution >= 0.6 is 0 Å². The summed E-state index contributed by atoms with van der Waals surface area (Å²) >= 11 is 0. The third-order valence-corrected chi connectivity index (χ3v) is 4.42. The van der Waals surface area contributed by atoms with Gasteiger partial charge in [-0.2, -0.15) is 0 Å². The number of nitrogens with one attached hydrogen (secondary N) is 1. The lowest BCUT2D eigenvalue weighted by Crippen LogP contribution is -2.32. The van der Waals surface area contributed by atoms with Gasteiger partial charge >= 0.3 is 5.97 Å². The summed E-state index contributed by atoms with van der Waals surface area (Å²) in [6.45, 7) is 3.04. The number of carboxylic acids is 1. The van der Waals surface area contributed by atoms with Crippen molar-refractivity contribution in [2.75, 3.05) is 23.7 Å². The largest absolute Gasteiger partial charge is 0.480 e. The molecule has 0 heterocycles. The average molecular weight is 286 g/mol. The first-order chi connectivity index (χ1) is 8.65. The Kier molecular flexibility index (Phi) is 4.41. The summed E-state index contributed by atoms with van der Waals surface area (Å²) in [5.41, 5.74) is 2.21. The van der Waals surface area contributed by atoms with E-state index < -0.39 is 21.2 Å². The molecule has 1 aromatic rings. The van der Waals surface area contributed by atoms with Gasteiger partial charge in [-0.05, 0) is 31.5 Å². The van der Waals surface area contributed by atoms with Crippen molar-refractivity contribution in [3.8, 4) is 0 Å². The number of sulfonamides is 1. The molecule has 0 amide bonds. The van der Waals surface area contributed by atoms with Crippen molar-refractivity contribution in [2.24, 2.45) is 0 Å². The minimum absolute atomic E-state index is 0.349. The zero-order valence-electron chi connectivity index (χ0n) is 11.3. The SMILES string of the molecule is Cc1ccc(NS(=O)(=O)C(C)C(=O)O)cc1N(C)C. The number of hydrogen-bond acceptors (Lipinski definition) is 4. The maximum Gasteiger partial charge on any atom is 0.323 e. The fraction of sp³-hybridized carbons (Fsp3) is 0.417. The van der Waals surface area contributed by atoms with Gasteiger partial charge in [-0.25, -0.2) is 8.42 Å². The smallest absolute Gasteiger partial charge is 0.323 e. The van der Waals surface area contributed by atoms with Crippen LogP contribution in [-0.2, 0) is 14.8 Å². The highest BCUT2D eigenvalue weighted by Crippen LogP contribution is 2.23. The molecule has 7 heteroatoms. The van der Waals surface area contributed by atoms with Crippen LogP contribution in [0.2, 0.25) is 0 Å². The molecule has 19 heavy (non-hydrogen) atoms. The average Bonchev–Trinajstić information content (AvgIpc) is 2.29. The summed E-state index contributed by atoms with van der Waals surface area (Å²) < 4.78 is 25.9. The van der Waals surface area contributed by atoms with Gasteiger partial charge in [-0.3, -0.25) is 9.52 Å². The Labute approximate surface area is 113 Å². The second kappa shape index (κ2) is 5.48. The Morgan fingerprint density at radius 2 is 1.95 bits per heavy atom. The summed E-state index contributed by atoms with van der Waals surface area (Å²) in [4.78, 5) is 12.6. The number of aliphatic carboxylic acids is 1. The predicted molar refractivity (Wildman–Crippen MR) is 75.1 cm³/mol. The zero-order valence-corrected chi connectivity index (χ0v) is 12.2. The molecule has 0 aliphatic carbocycles. The van der Waals surface area contributed by atoms with Crippen molar-refractivity contribution >= 4 is 27.4 Å². The molecule has 1 aromatic carbocycles. The van der Waals surface area contributed by atoms with Crippen LogP contribution in [0, 0.1) is 6.92 Å². The lowest BCUT2D eigenvalue weighted by atomic mass is 10.2. The minimum Gasteiger partial charge on any atom is -0.480 e. The molecule has 0 radical (unpaired) electrons. The lowest BCUT2D eigenvalue weighted by Gasteiger charge is -2.18. The van der Waals surface area contributed by atoms with Crippen LogP contribution in [0.4, 0.5) is 11.4 Å². The van der Waals surface area contributed by atoms with Crippen LogP contribution in [0.3, 0.4) is 0 Å². The molecule has 1 unspecified atom stereocenters. The Bertz CT molecular complexity index is 581. The molecule has 2 N–H and O–H groups in total. The van der Waals surface area contributed by atoms with E-state index in [2.05, 4.69) is 4.72 Å². The van der Waals surface area contributed by atoms with E-state index in [0.29, 0.717) is 5.69 Å². The van der Waals surface area contributed by atoms with E-state index in [-0.39, 0.29) is 0 Å². The van der Waals surface area contributed by atoms with Gasteiger partial charge in [-0.15, -0.1) is 0 Å². The summed E-state index contributed by atoms with van der Waals surface area (Å²) in [7, 11) is -0.241. The number of benzene rings is 1. The fourth-order valence-electron chi connectivity index (χ4n) is 1.54. The van der Waals surface area contributed by atoms with Crippen LogP contribution in [0.5, 0.6) is 0 Å².